The molecule has 1 aliphatic carbocycles. The molecule has 0 amide bonds. The zero-order chi connectivity index (χ0) is 8.60. The molecule has 1 nitrogen and oxygen atoms in total. The quantitative estimate of drug-likeness (QED) is 0.580. The van der Waals surface area contributed by atoms with Gasteiger partial charge in [0.25, 0.3) is 0 Å². The number of hydrogen-bond acceptors (Lipinski definition) is 1. The van der Waals surface area contributed by atoms with Gasteiger partial charge >= 0.3 is 0 Å². The first-order valence-corrected chi connectivity index (χ1v) is 5.48. The summed E-state index contributed by atoms with van der Waals surface area (Å²) in [4.78, 5) is 2.63. The summed E-state index contributed by atoms with van der Waals surface area (Å²) in [7, 11) is 2.32. The molecule has 0 aromatic rings. The summed E-state index contributed by atoms with van der Waals surface area (Å²) in [6, 6.07) is 0. The summed E-state index contributed by atoms with van der Waals surface area (Å²) in [6.07, 6.45) is 8.74. The van der Waals surface area contributed by atoms with Gasteiger partial charge in [0.15, 0.2) is 0 Å². The van der Waals surface area contributed by atoms with Crippen molar-refractivity contribution in [1.29, 1.82) is 0 Å². The number of hydrogen-bond donors (Lipinski definition) is 0. The largest absolute Gasteiger partial charge is 0.301 e. The molecule has 1 saturated heterocycles. The topological polar surface area (TPSA) is 3.24 Å². The van der Waals surface area contributed by atoms with Crippen molar-refractivity contribution in [3.8, 4) is 0 Å². The molecule has 0 aromatic heterocycles. The standard InChI is InChI=1S/C11H21N/c1-3-10-8-11(9-10)6-4-5-7-12(11)2/h10H,3-9H2,1-2H3. The molecule has 0 bridgehead atoms. The molecule has 2 fully saturated rings. The highest BCUT2D eigenvalue weighted by molar-refractivity contribution is 5.02. The molecule has 1 heterocycles. The molecule has 1 saturated carbocycles. The van der Waals surface area contributed by atoms with E-state index in [1.165, 1.54) is 45.1 Å². The highest BCUT2D eigenvalue weighted by Gasteiger charge is 2.46. The van der Waals surface area contributed by atoms with Crippen LogP contribution in [0.25, 0.3) is 0 Å². The Bertz CT molecular complexity index is 158. The average molecular weight is 167 g/mol. The normalized spacial score (nSPS) is 43.0. The lowest BCUT2D eigenvalue weighted by atomic mass is 9.63. The van der Waals surface area contributed by atoms with Gasteiger partial charge in [-0.2, -0.15) is 0 Å². The summed E-state index contributed by atoms with van der Waals surface area (Å²) in [5, 5.41) is 0. The molecule has 2 rings (SSSR count). The summed E-state index contributed by atoms with van der Waals surface area (Å²) in [6.45, 7) is 3.68. The molecule has 0 aromatic carbocycles. The van der Waals surface area contributed by atoms with Gasteiger partial charge in [-0.3, -0.25) is 0 Å². The van der Waals surface area contributed by atoms with E-state index in [1.54, 1.807) is 0 Å². The Morgan fingerprint density at radius 2 is 2.08 bits per heavy atom. The third-order valence-electron chi connectivity index (χ3n) is 4.11. The Morgan fingerprint density at radius 3 is 2.67 bits per heavy atom. The average Bonchev–Trinajstić information content (AvgIpc) is 2.02. The summed E-state index contributed by atoms with van der Waals surface area (Å²) in [5.74, 6) is 1.05. The molecule has 0 radical (unpaired) electrons. The Labute approximate surface area is 76.1 Å². The molecule has 0 atom stereocenters. The third kappa shape index (κ3) is 1.19. The van der Waals surface area contributed by atoms with Crippen molar-refractivity contribution in [3.05, 3.63) is 0 Å². The Hall–Kier alpha value is -0.0400. The minimum atomic E-state index is 0.666. The van der Waals surface area contributed by atoms with Crippen molar-refractivity contribution in [2.45, 2.75) is 51.0 Å². The molecule has 1 aliphatic heterocycles. The van der Waals surface area contributed by atoms with Crippen LogP contribution in [-0.2, 0) is 0 Å². The fourth-order valence-electron chi connectivity index (χ4n) is 3.05. The maximum Gasteiger partial charge on any atom is 0.0211 e. The Balaban J connectivity index is 1.94. The second-order valence-electron chi connectivity index (χ2n) is 4.79. The van der Waals surface area contributed by atoms with Gasteiger partial charge in [-0.15, -0.1) is 0 Å². The van der Waals surface area contributed by atoms with Crippen LogP contribution in [0.4, 0.5) is 0 Å². The van der Waals surface area contributed by atoms with Gasteiger partial charge in [0.2, 0.25) is 0 Å². The van der Waals surface area contributed by atoms with Crippen LogP contribution in [0.5, 0.6) is 0 Å². The smallest absolute Gasteiger partial charge is 0.0211 e. The fraction of sp³-hybridized carbons (Fsp3) is 1.00. The Kier molecular flexibility index (Phi) is 2.16. The summed E-state index contributed by atoms with van der Waals surface area (Å²) >= 11 is 0. The van der Waals surface area contributed by atoms with Crippen LogP contribution in [0.2, 0.25) is 0 Å². The molecule has 0 N–H and O–H groups in total. The highest BCUT2D eigenvalue weighted by Crippen LogP contribution is 2.48. The van der Waals surface area contributed by atoms with Gasteiger partial charge in [-0.1, -0.05) is 19.8 Å². The Morgan fingerprint density at radius 1 is 1.33 bits per heavy atom. The van der Waals surface area contributed by atoms with Crippen molar-refractivity contribution < 1.29 is 0 Å². The molecule has 1 heteroatoms. The van der Waals surface area contributed by atoms with Crippen LogP contribution in [-0.4, -0.2) is 24.0 Å². The van der Waals surface area contributed by atoms with Gasteiger partial charge in [0, 0.05) is 5.54 Å². The van der Waals surface area contributed by atoms with Crippen molar-refractivity contribution in [2.75, 3.05) is 13.6 Å². The van der Waals surface area contributed by atoms with Crippen molar-refractivity contribution >= 4 is 0 Å². The first kappa shape index (κ1) is 8.55. The van der Waals surface area contributed by atoms with Crippen LogP contribution in [0, 0.1) is 5.92 Å². The van der Waals surface area contributed by atoms with E-state index in [4.69, 9.17) is 0 Å². The zero-order valence-corrected chi connectivity index (χ0v) is 8.47. The first-order valence-electron chi connectivity index (χ1n) is 5.48. The fourth-order valence-corrected chi connectivity index (χ4v) is 3.05. The molecule has 12 heavy (non-hydrogen) atoms. The van der Waals surface area contributed by atoms with E-state index in [0.717, 1.165) is 5.92 Å². The predicted octanol–water partition coefficient (Wildman–Crippen LogP) is 2.66. The molecule has 70 valence electrons. The van der Waals surface area contributed by atoms with E-state index in [-0.39, 0.29) is 0 Å². The van der Waals surface area contributed by atoms with E-state index >= 15 is 0 Å². The van der Waals surface area contributed by atoms with E-state index in [2.05, 4.69) is 18.9 Å². The number of likely N-dealkylation sites (tertiary alicyclic amines) is 1. The lowest BCUT2D eigenvalue weighted by Crippen LogP contribution is -2.57. The third-order valence-corrected chi connectivity index (χ3v) is 4.11. The molecule has 2 aliphatic rings. The molecule has 1 spiro atoms. The predicted molar refractivity (Wildman–Crippen MR) is 52.2 cm³/mol. The van der Waals surface area contributed by atoms with Crippen molar-refractivity contribution in [3.63, 3.8) is 0 Å². The summed E-state index contributed by atoms with van der Waals surface area (Å²) in [5.41, 5.74) is 0.666. The maximum atomic E-state index is 2.63. The first-order chi connectivity index (χ1) is 5.77. The second kappa shape index (κ2) is 3.02. The monoisotopic (exact) mass is 167 g/mol. The second-order valence-corrected chi connectivity index (χ2v) is 4.79. The lowest BCUT2D eigenvalue weighted by Gasteiger charge is -2.56. The molecular formula is C11H21N. The molecule has 0 unspecified atom stereocenters. The van der Waals surface area contributed by atoms with Crippen LogP contribution in [0.1, 0.15) is 45.4 Å². The highest BCUT2D eigenvalue weighted by atomic mass is 15.2. The molecular weight excluding hydrogens is 146 g/mol. The van der Waals surface area contributed by atoms with Crippen molar-refractivity contribution in [2.24, 2.45) is 5.92 Å². The number of nitrogens with zero attached hydrogens (tertiary/aromatic N) is 1. The van der Waals surface area contributed by atoms with E-state index in [0.29, 0.717) is 5.54 Å². The van der Waals surface area contributed by atoms with Crippen LogP contribution in [0.3, 0.4) is 0 Å². The lowest BCUT2D eigenvalue weighted by molar-refractivity contribution is -0.0376. The van der Waals surface area contributed by atoms with Gasteiger partial charge < -0.3 is 4.90 Å². The van der Waals surface area contributed by atoms with Crippen LogP contribution in [0.15, 0.2) is 0 Å². The van der Waals surface area contributed by atoms with E-state index < -0.39 is 0 Å². The number of piperidine rings is 1. The van der Waals surface area contributed by atoms with E-state index in [1.807, 2.05) is 0 Å². The SMILES string of the molecule is CCC1CC2(CCCCN2C)C1. The van der Waals surface area contributed by atoms with E-state index in [9.17, 15) is 0 Å². The maximum absolute atomic E-state index is 2.63. The van der Waals surface area contributed by atoms with Gasteiger partial charge in [-0.05, 0) is 45.2 Å². The van der Waals surface area contributed by atoms with Gasteiger partial charge in [0.1, 0.15) is 0 Å². The van der Waals surface area contributed by atoms with Crippen molar-refractivity contribution in [1.82, 2.24) is 4.90 Å². The number of rotatable bonds is 1. The van der Waals surface area contributed by atoms with Gasteiger partial charge in [-0.25, -0.2) is 0 Å². The van der Waals surface area contributed by atoms with Crippen LogP contribution < -0.4 is 0 Å². The van der Waals surface area contributed by atoms with Crippen LogP contribution >= 0.6 is 0 Å². The van der Waals surface area contributed by atoms with Gasteiger partial charge in [0.05, 0.1) is 0 Å². The minimum absolute atomic E-state index is 0.666. The zero-order valence-electron chi connectivity index (χ0n) is 8.47. The minimum Gasteiger partial charge on any atom is -0.301 e. The summed E-state index contributed by atoms with van der Waals surface area (Å²) < 4.78 is 0.